The molecule has 0 aliphatic heterocycles. The summed E-state index contributed by atoms with van der Waals surface area (Å²) in [6.07, 6.45) is 1.68. The Morgan fingerprint density at radius 1 is 1.27 bits per heavy atom. The number of halogens is 3. The molecule has 8 heteroatoms. The zero-order valence-electron chi connectivity index (χ0n) is 14.1. The Bertz CT molecular complexity index is 1150. The Hall–Kier alpha value is -2.13. The first-order valence-electron chi connectivity index (χ1n) is 7.74. The van der Waals surface area contributed by atoms with Crippen molar-refractivity contribution in [3.05, 3.63) is 60.7 Å². The van der Waals surface area contributed by atoms with Crippen LogP contribution in [-0.4, -0.2) is 14.5 Å². The normalized spacial score (nSPS) is 11.2. The van der Waals surface area contributed by atoms with E-state index >= 15 is 0 Å². The van der Waals surface area contributed by atoms with Gasteiger partial charge in [-0.3, -0.25) is 14.3 Å². The molecule has 0 N–H and O–H groups in total. The molecule has 0 saturated carbocycles. The van der Waals surface area contributed by atoms with Crippen molar-refractivity contribution in [1.82, 2.24) is 14.5 Å². The van der Waals surface area contributed by atoms with E-state index in [-0.39, 0.29) is 32.3 Å². The molecule has 132 valence electrons. The van der Waals surface area contributed by atoms with E-state index in [0.717, 1.165) is 5.56 Å². The molecule has 3 aromatic rings. The Morgan fingerprint density at radius 3 is 2.58 bits per heavy atom. The highest BCUT2D eigenvalue weighted by atomic mass is 35.5. The van der Waals surface area contributed by atoms with Gasteiger partial charge in [0.05, 0.1) is 21.4 Å². The van der Waals surface area contributed by atoms with Crippen LogP contribution >= 0.6 is 34.8 Å². The van der Waals surface area contributed by atoms with Crippen LogP contribution in [0.5, 0.6) is 0 Å². The van der Waals surface area contributed by atoms with Crippen molar-refractivity contribution in [2.45, 2.75) is 26.7 Å². The number of aromatic nitrogens is 3. The van der Waals surface area contributed by atoms with Gasteiger partial charge in [-0.25, -0.2) is 4.98 Å². The smallest absolute Gasteiger partial charge is 0.267 e. The van der Waals surface area contributed by atoms with E-state index in [1.165, 1.54) is 10.6 Å². The molecular weight excluding hydrogens is 395 g/mol. The number of hydrogen-bond donors (Lipinski definition) is 0. The molecule has 0 aliphatic carbocycles. The van der Waals surface area contributed by atoms with Gasteiger partial charge in [-0.15, -0.1) is 0 Å². The fourth-order valence-corrected chi connectivity index (χ4v) is 3.36. The van der Waals surface area contributed by atoms with Gasteiger partial charge in [0, 0.05) is 11.6 Å². The maximum atomic E-state index is 13.1. The topological polar surface area (TPSA) is 71.6 Å². The predicted octanol–water partition coefficient (Wildman–Crippen LogP) is 5.04. The summed E-state index contributed by atoms with van der Waals surface area (Å²) in [5.41, 5.74) is 1.55. The SMILES string of the molecule is Cc1ccnc(C(C)C)c1-n1c(=O)c(C#N)c(Cl)c2cc(Cl)c(Cl)nc21. The third kappa shape index (κ3) is 2.84. The van der Waals surface area contributed by atoms with Gasteiger partial charge in [-0.1, -0.05) is 48.7 Å². The van der Waals surface area contributed by atoms with Crippen LogP contribution in [0.4, 0.5) is 0 Å². The van der Waals surface area contributed by atoms with Crippen LogP contribution in [0.2, 0.25) is 15.2 Å². The number of rotatable bonds is 2. The van der Waals surface area contributed by atoms with Crippen molar-refractivity contribution in [1.29, 1.82) is 5.26 Å². The highest BCUT2D eigenvalue weighted by Crippen LogP contribution is 2.33. The first-order valence-corrected chi connectivity index (χ1v) is 8.87. The molecule has 0 unspecified atom stereocenters. The molecule has 26 heavy (non-hydrogen) atoms. The number of pyridine rings is 3. The second-order valence-corrected chi connectivity index (χ2v) is 7.23. The summed E-state index contributed by atoms with van der Waals surface area (Å²) < 4.78 is 1.35. The Morgan fingerprint density at radius 2 is 1.96 bits per heavy atom. The molecule has 0 spiro atoms. The van der Waals surface area contributed by atoms with Crippen molar-refractivity contribution in [2.24, 2.45) is 0 Å². The zero-order chi connectivity index (χ0) is 19.2. The van der Waals surface area contributed by atoms with E-state index in [1.807, 2.05) is 26.8 Å². The van der Waals surface area contributed by atoms with E-state index in [2.05, 4.69) is 9.97 Å². The van der Waals surface area contributed by atoms with Gasteiger partial charge in [0.1, 0.15) is 16.8 Å². The summed E-state index contributed by atoms with van der Waals surface area (Å²) >= 11 is 18.4. The molecule has 3 rings (SSSR count). The van der Waals surface area contributed by atoms with Crippen molar-refractivity contribution < 1.29 is 0 Å². The lowest BCUT2D eigenvalue weighted by Crippen LogP contribution is -2.25. The standard InChI is InChI=1S/C18H13Cl3N4O/c1-8(2)14-15(9(3)4-5-23-14)25-17-10(6-12(19)16(21)24-17)13(20)11(7-22)18(25)26/h4-6,8H,1-3H3. The minimum absolute atomic E-state index is 0.00227. The number of hydrogen-bond acceptors (Lipinski definition) is 4. The number of nitriles is 1. The van der Waals surface area contributed by atoms with Crippen LogP contribution in [0.3, 0.4) is 0 Å². The van der Waals surface area contributed by atoms with Crippen molar-refractivity contribution in [2.75, 3.05) is 0 Å². The summed E-state index contributed by atoms with van der Waals surface area (Å²) in [5, 5.41) is 10.1. The van der Waals surface area contributed by atoms with Gasteiger partial charge in [0.15, 0.2) is 5.65 Å². The van der Waals surface area contributed by atoms with Crippen molar-refractivity contribution in [3.8, 4) is 11.8 Å². The highest BCUT2D eigenvalue weighted by molar-refractivity contribution is 6.42. The number of fused-ring (bicyclic) bond motifs is 1. The van der Waals surface area contributed by atoms with E-state index in [1.54, 1.807) is 12.3 Å². The van der Waals surface area contributed by atoms with E-state index < -0.39 is 5.56 Å². The van der Waals surface area contributed by atoms with Gasteiger partial charge >= 0.3 is 0 Å². The average Bonchev–Trinajstić information content (AvgIpc) is 2.58. The van der Waals surface area contributed by atoms with Crippen LogP contribution in [0.15, 0.2) is 23.1 Å². The summed E-state index contributed by atoms with van der Waals surface area (Å²) in [5.74, 6) is 0.0378. The minimum Gasteiger partial charge on any atom is -0.267 e. The number of nitrogens with zero attached hydrogens (tertiary/aromatic N) is 4. The lowest BCUT2D eigenvalue weighted by Gasteiger charge is -2.19. The maximum Gasteiger partial charge on any atom is 0.276 e. The van der Waals surface area contributed by atoms with Crippen molar-refractivity contribution in [3.63, 3.8) is 0 Å². The first-order chi connectivity index (χ1) is 12.3. The molecule has 0 bridgehead atoms. The maximum absolute atomic E-state index is 13.1. The Kier molecular flexibility index (Phi) is 4.94. The van der Waals surface area contributed by atoms with E-state index in [0.29, 0.717) is 16.8 Å². The van der Waals surface area contributed by atoms with Crippen molar-refractivity contribution >= 4 is 45.8 Å². The Labute approximate surface area is 164 Å². The third-order valence-corrected chi connectivity index (χ3v) is 5.10. The molecule has 0 fully saturated rings. The lowest BCUT2D eigenvalue weighted by molar-refractivity contribution is 0.796. The van der Waals surface area contributed by atoms with Crippen LogP contribution in [-0.2, 0) is 0 Å². The molecule has 0 radical (unpaired) electrons. The zero-order valence-corrected chi connectivity index (χ0v) is 16.4. The lowest BCUT2D eigenvalue weighted by atomic mass is 10.0. The average molecular weight is 408 g/mol. The van der Waals surface area contributed by atoms with Gasteiger partial charge in [-0.2, -0.15) is 5.26 Å². The molecule has 5 nitrogen and oxygen atoms in total. The monoisotopic (exact) mass is 406 g/mol. The molecule has 3 aromatic heterocycles. The summed E-state index contributed by atoms with van der Waals surface area (Å²) in [4.78, 5) is 21.8. The number of aryl methyl sites for hydroxylation is 1. The fourth-order valence-electron chi connectivity index (χ4n) is 2.82. The van der Waals surface area contributed by atoms with Crippen LogP contribution in [0, 0.1) is 18.3 Å². The highest BCUT2D eigenvalue weighted by Gasteiger charge is 2.23. The minimum atomic E-state index is -0.575. The van der Waals surface area contributed by atoms with E-state index in [4.69, 9.17) is 34.8 Å². The summed E-state index contributed by atoms with van der Waals surface area (Å²) in [6, 6.07) is 5.17. The van der Waals surface area contributed by atoms with Gasteiger partial charge < -0.3 is 0 Å². The van der Waals surface area contributed by atoms with Gasteiger partial charge in [-0.05, 0) is 30.5 Å². The first kappa shape index (κ1) is 18.7. The summed E-state index contributed by atoms with van der Waals surface area (Å²) in [7, 11) is 0. The van der Waals surface area contributed by atoms with Crippen LogP contribution < -0.4 is 5.56 Å². The van der Waals surface area contributed by atoms with Crippen LogP contribution in [0.25, 0.3) is 16.7 Å². The van der Waals surface area contributed by atoms with E-state index in [9.17, 15) is 10.1 Å². The molecule has 0 saturated heterocycles. The molecular formula is C18H13Cl3N4O. The molecule has 0 aromatic carbocycles. The molecule has 0 amide bonds. The second-order valence-electron chi connectivity index (χ2n) is 6.09. The third-order valence-electron chi connectivity index (χ3n) is 4.03. The largest absolute Gasteiger partial charge is 0.276 e. The second kappa shape index (κ2) is 6.88. The molecule has 0 aliphatic rings. The quantitative estimate of drug-likeness (QED) is 0.558. The van der Waals surface area contributed by atoms with Gasteiger partial charge in [0.2, 0.25) is 0 Å². The Balaban J connectivity index is 2.63. The van der Waals surface area contributed by atoms with Crippen LogP contribution in [0.1, 0.15) is 36.6 Å². The fraction of sp³-hybridized carbons (Fsp3) is 0.222. The predicted molar refractivity (Wildman–Crippen MR) is 104 cm³/mol. The molecule has 0 atom stereocenters. The molecule has 3 heterocycles. The van der Waals surface area contributed by atoms with Gasteiger partial charge in [0.25, 0.3) is 5.56 Å². The summed E-state index contributed by atoms with van der Waals surface area (Å²) in [6.45, 7) is 5.80.